The molecule has 9 heavy (non-hydrogen) atoms. The molecular formula is C8H17N. The summed E-state index contributed by atoms with van der Waals surface area (Å²) in [5.74, 6) is 0.927. The van der Waals surface area contributed by atoms with E-state index in [-0.39, 0.29) is 0 Å². The molecule has 0 amide bonds. The standard InChI is InChI=1S/C8H17N/c1-6-4-7(2)9-8(3)5-6/h6-9H,4-5H2,1-3H3/t6-,7-,8+. The van der Waals surface area contributed by atoms with Crippen LogP contribution in [0.3, 0.4) is 0 Å². The fraction of sp³-hybridized carbons (Fsp3) is 1.00. The van der Waals surface area contributed by atoms with E-state index in [1.807, 2.05) is 0 Å². The van der Waals surface area contributed by atoms with Crippen molar-refractivity contribution < 1.29 is 0 Å². The first-order chi connectivity index (χ1) is 4.18. The Morgan fingerprint density at radius 1 is 1.00 bits per heavy atom. The van der Waals surface area contributed by atoms with E-state index in [0.717, 1.165) is 18.0 Å². The lowest BCUT2D eigenvalue weighted by Crippen LogP contribution is -2.41. The zero-order valence-electron chi connectivity index (χ0n) is 6.65. The minimum absolute atomic E-state index is 0.740. The molecule has 0 radical (unpaired) electrons. The molecule has 1 heteroatoms. The molecule has 0 saturated carbocycles. The van der Waals surface area contributed by atoms with Crippen LogP contribution in [-0.2, 0) is 0 Å². The van der Waals surface area contributed by atoms with Crippen molar-refractivity contribution in [3.63, 3.8) is 0 Å². The predicted molar refractivity (Wildman–Crippen MR) is 40.5 cm³/mol. The van der Waals surface area contributed by atoms with Crippen LogP contribution >= 0.6 is 0 Å². The summed E-state index contributed by atoms with van der Waals surface area (Å²) in [6.45, 7) is 6.88. The van der Waals surface area contributed by atoms with Gasteiger partial charge in [-0.1, -0.05) is 6.92 Å². The number of hydrogen-bond donors (Lipinski definition) is 1. The van der Waals surface area contributed by atoms with Gasteiger partial charge in [-0.05, 0) is 32.6 Å². The number of rotatable bonds is 0. The Bertz CT molecular complexity index is 65.5. The van der Waals surface area contributed by atoms with Crippen molar-refractivity contribution in [2.24, 2.45) is 5.92 Å². The van der Waals surface area contributed by atoms with Crippen LogP contribution in [0, 0.1) is 5.92 Å². The first kappa shape index (κ1) is 7.07. The molecule has 0 aromatic rings. The molecule has 1 aliphatic rings. The third-order valence-electron chi connectivity index (χ3n) is 2.08. The molecule has 0 aromatic carbocycles. The highest BCUT2D eigenvalue weighted by molar-refractivity contribution is 4.77. The topological polar surface area (TPSA) is 12.0 Å². The lowest BCUT2D eigenvalue weighted by Gasteiger charge is -2.30. The summed E-state index contributed by atoms with van der Waals surface area (Å²) >= 11 is 0. The molecule has 1 N–H and O–H groups in total. The maximum absolute atomic E-state index is 3.51. The zero-order valence-corrected chi connectivity index (χ0v) is 6.65. The molecule has 54 valence electrons. The van der Waals surface area contributed by atoms with Crippen molar-refractivity contribution in [1.29, 1.82) is 0 Å². The van der Waals surface area contributed by atoms with Crippen molar-refractivity contribution in [1.82, 2.24) is 5.32 Å². The van der Waals surface area contributed by atoms with Gasteiger partial charge in [0, 0.05) is 12.1 Å². The van der Waals surface area contributed by atoms with E-state index in [1.165, 1.54) is 12.8 Å². The average Bonchev–Trinajstić information content (AvgIpc) is 1.59. The fourth-order valence-corrected chi connectivity index (χ4v) is 1.93. The van der Waals surface area contributed by atoms with Crippen LogP contribution in [0.1, 0.15) is 33.6 Å². The van der Waals surface area contributed by atoms with Crippen molar-refractivity contribution in [2.45, 2.75) is 45.7 Å². The summed E-state index contributed by atoms with van der Waals surface area (Å²) < 4.78 is 0. The summed E-state index contributed by atoms with van der Waals surface area (Å²) in [6.07, 6.45) is 2.70. The second-order valence-corrected chi connectivity index (χ2v) is 3.55. The monoisotopic (exact) mass is 127 g/mol. The maximum Gasteiger partial charge on any atom is 0.00437 e. The molecule has 0 spiro atoms. The highest BCUT2D eigenvalue weighted by Gasteiger charge is 2.18. The Kier molecular flexibility index (Phi) is 2.12. The van der Waals surface area contributed by atoms with Gasteiger partial charge in [-0.25, -0.2) is 0 Å². The SMILES string of the molecule is C[C@@H]1C[C@@H](C)N[C@@H](C)C1. The molecule has 0 unspecified atom stereocenters. The van der Waals surface area contributed by atoms with Gasteiger partial charge in [0.25, 0.3) is 0 Å². The molecule has 0 aromatic heterocycles. The van der Waals surface area contributed by atoms with E-state index in [4.69, 9.17) is 0 Å². The van der Waals surface area contributed by atoms with Gasteiger partial charge >= 0.3 is 0 Å². The molecular weight excluding hydrogens is 110 g/mol. The van der Waals surface area contributed by atoms with Gasteiger partial charge in [-0.3, -0.25) is 0 Å². The molecule has 3 atom stereocenters. The van der Waals surface area contributed by atoms with Crippen LogP contribution in [0.2, 0.25) is 0 Å². The fourth-order valence-electron chi connectivity index (χ4n) is 1.93. The van der Waals surface area contributed by atoms with E-state index in [2.05, 4.69) is 26.1 Å². The summed E-state index contributed by atoms with van der Waals surface area (Å²) in [5, 5.41) is 3.51. The lowest BCUT2D eigenvalue weighted by atomic mass is 9.91. The number of piperidine rings is 1. The van der Waals surface area contributed by atoms with E-state index >= 15 is 0 Å². The van der Waals surface area contributed by atoms with Crippen LogP contribution in [0.25, 0.3) is 0 Å². The van der Waals surface area contributed by atoms with Gasteiger partial charge in [-0.2, -0.15) is 0 Å². The Labute approximate surface area is 57.8 Å². The van der Waals surface area contributed by atoms with Gasteiger partial charge in [0.2, 0.25) is 0 Å². The molecule has 1 heterocycles. The van der Waals surface area contributed by atoms with Gasteiger partial charge in [-0.15, -0.1) is 0 Å². The van der Waals surface area contributed by atoms with Gasteiger partial charge in [0.1, 0.15) is 0 Å². The quantitative estimate of drug-likeness (QED) is 0.523. The van der Waals surface area contributed by atoms with Crippen molar-refractivity contribution in [2.75, 3.05) is 0 Å². The third kappa shape index (κ3) is 1.98. The lowest BCUT2D eigenvalue weighted by molar-refractivity contribution is 0.279. The predicted octanol–water partition coefficient (Wildman–Crippen LogP) is 1.78. The highest BCUT2D eigenvalue weighted by atomic mass is 14.9. The molecule has 0 aliphatic carbocycles. The summed E-state index contributed by atoms with van der Waals surface area (Å²) in [5.41, 5.74) is 0. The Morgan fingerprint density at radius 3 is 1.78 bits per heavy atom. The molecule has 1 aliphatic heterocycles. The van der Waals surface area contributed by atoms with Crippen LogP contribution in [-0.4, -0.2) is 12.1 Å². The summed E-state index contributed by atoms with van der Waals surface area (Å²) in [6, 6.07) is 1.48. The van der Waals surface area contributed by atoms with Gasteiger partial charge < -0.3 is 5.32 Å². The average molecular weight is 127 g/mol. The van der Waals surface area contributed by atoms with E-state index in [9.17, 15) is 0 Å². The molecule has 1 fully saturated rings. The van der Waals surface area contributed by atoms with Crippen LogP contribution in [0.5, 0.6) is 0 Å². The molecule has 1 rings (SSSR count). The smallest absolute Gasteiger partial charge is 0.00437 e. The van der Waals surface area contributed by atoms with Crippen molar-refractivity contribution >= 4 is 0 Å². The molecule has 1 nitrogen and oxygen atoms in total. The third-order valence-corrected chi connectivity index (χ3v) is 2.08. The minimum Gasteiger partial charge on any atom is -0.312 e. The van der Waals surface area contributed by atoms with Crippen molar-refractivity contribution in [3.05, 3.63) is 0 Å². The Balaban J connectivity index is 2.34. The Morgan fingerprint density at radius 2 is 1.44 bits per heavy atom. The van der Waals surface area contributed by atoms with Crippen LogP contribution in [0.4, 0.5) is 0 Å². The zero-order chi connectivity index (χ0) is 6.85. The van der Waals surface area contributed by atoms with E-state index < -0.39 is 0 Å². The normalized spacial score (nSPS) is 45.0. The Hall–Kier alpha value is -0.0400. The highest BCUT2D eigenvalue weighted by Crippen LogP contribution is 2.18. The van der Waals surface area contributed by atoms with Gasteiger partial charge in [0.15, 0.2) is 0 Å². The number of hydrogen-bond acceptors (Lipinski definition) is 1. The van der Waals surface area contributed by atoms with Crippen LogP contribution in [0.15, 0.2) is 0 Å². The largest absolute Gasteiger partial charge is 0.312 e. The molecule has 0 bridgehead atoms. The summed E-state index contributed by atoms with van der Waals surface area (Å²) in [4.78, 5) is 0. The van der Waals surface area contributed by atoms with Crippen LogP contribution < -0.4 is 5.32 Å². The second-order valence-electron chi connectivity index (χ2n) is 3.55. The maximum atomic E-state index is 3.51. The summed E-state index contributed by atoms with van der Waals surface area (Å²) in [7, 11) is 0. The number of nitrogens with one attached hydrogen (secondary N) is 1. The van der Waals surface area contributed by atoms with Gasteiger partial charge in [0.05, 0.1) is 0 Å². The van der Waals surface area contributed by atoms with Crippen molar-refractivity contribution in [3.8, 4) is 0 Å². The van der Waals surface area contributed by atoms with E-state index in [0.29, 0.717) is 0 Å². The first-order valence-corrected chi connectivity index (χ1v) is 3.94. The second kappa shape index (κ2) is 2.70. The van der Waals surface area contributed by atoms with E-state index in [1.54, 1.807) is 0 Å². The molecule has 1 saturated heterocycles. The first-order valence-electron chi connectivity index (χ1n) is 3.94. The minimum atomic E-state index is 0.740.